The fourth-order valence-corrected chi connectivity index (χ4v) is 1.46. The van der Waals surface area contributed by atoms with Gasteiger partial charge in [0.15, 0.2) is 0 Å². The SMILES string of the molecule is CCOC(=O)c1nc2ncc(S(=O)[O-])cn2n1.[Na+]. The molecule has 90 valence electrons. The molecular weight excluding hydrogens is 271 g/mol. The third-order valence-electron chi connectivity index (χ3n) is 1.82. The van der Waals surface area contributed by atoms with Gasteiger partial charge in [-0.05, 0) is 18.0 Å². The standard InChI is InChI=1S/C8H8N4O4S.Na/c1-2-16-7(13)6-10-8-9-3-5(17(14)15)4-12(8)11-6;/h3-4H,2H2,1H3,(H,14,15);/q;+1/p-1. The number of aromatic nitrogens is 4. The molecule has 0 aliphatic rings. The van der Waals surface area contributed by atoms with Crippen molar-refractivity contribution >= 4 is 22.8 Å². The Kier molecular flexibility index (Phi) is 5.35. The summed E-state index contributed by atoms with van der Waals surface area (Å²) in [5, 5.41) is 3.77. The second-order valence-electron chi connectivity index (χ2n) is 2.92. The van der Waals surface area contributed by atoms with Crippen LogP contribution in [0.5, 0.6) is 0 Å². The molecular formula is C8H7N4NaO4S. The second-order valence-corrected chi connectivity index (χ2v) is 3.87. The van der Waals surface area contributed by atoms with Gasteiger partial charge in [-0.2, -0.15) is 4.98 Å². The van der Waals surface area contributed by atoms with Gasteiger partial charge in [0.05, 0.1) is 11.5 Å². The molecule has 0 radical (unpaired) electrons. The Morgan fingerprint density at radius 1 is 1.61 bits per heavy atom. The van der Waals surface area contributed by atoms with E-state index in [0.29, 0.717) is 0 Å². The molecule has 0 aliphatic heterocycles. The van der Waals surface area contributed by atoms with E-state index in [0.717, 1.165) is 10.7 Å². The van der Waals surface area contributed by atoms with Crippen LogP contribution in [0.25, 0.3) is 5.78 Å². The van der Waals surface area contributed by atoms with Gasteiger partial charge in [-0.1, -0.05) is 0 Å². The summed E-state index contributed by atoms with van der Waals surface area (Å²) >= 11 is -2.41. The van der Waals surface area contributed by atoms with Crippen LogP contribution in [-0.2, 0) is 15.8 Å². The van der Waals surface area contributed by atoms with Gasteiger partial charge in [-0.3, -0.25) is 4.21 Å². The molecule has 8 nitrogen and oxygen atoms in total. The molecule has 10 heteroatoms. The van der Waals surface area contributed by atoms with Gasteiger partial charge < -0.3 is 9.29 Å². The van der Waals surface area contributed by atoms with Crippen LogP contribution >= 0.6 is 0 Å². The maximum absolute atomic E-state index is 11.3. The van der Waals surface area contributed by atoms with Crippen molar-refractivity contribution in [2.75, 3.05) is 6.61 Å². The fraction of sp³-hybridized carbons (Fsp3) is 0.250. The van der Waals surface area contributed by atoms with Crippen LogP contribution in [0.4, 0.5) is 0 Å². The Bertz CT molecular complexity index is 602. The number of fused-ring (bicyclic) bond motifs is 1. The predicted molar refractivity (Wildman–Crippen MR) is 53.9 cm³/mol. The Morgan fingerprint density at radius 3 is 2.94 bits per heavy atom. The Morgan fingerprint density at radius 2 is 2.33 bits per heavy atom. The molecule has 1 unspecified atom stereocenters. The Hall–Kier alpha value is -0.870. The minimum absolute atomic E-state index is 0. The fourth-order valence-electron chi connectivity index (χ4n) is 1.13. The van der Waals surface area contributed by atoms with Gasteiger partial charge in [0.2, 0.25) is 0 Å². The summed E-state index contributed by atoms with van der Waals surface area (Å²) in [6, 6.07) is 0. The minimum atomic E-state index is -2.41. The molecule has 0 amide bonds. The number of hydrogen-bond acceptors (Lipinski definition) is 7. The number of hydrogen-bond donors (Lipinski definition) is 0. The summed E-state index contributed by atoms with van der Waals surface area (Å²) in [7, 11) is 0. The van der Waals surface area contributed by atoms with Gasteiger partial charge in [0, 0.05) is 12.4 Å². The summed E-state index contributed by atoms with van der Waals surface area (Å²) in [5.74, 6) is -0.710. The van der Waals surface area contributed by atoms with Crippen molar-refractivity contribution in [3.05, 3.63) is 18.2 Å². The van der Waals surface area contributed by atoms with E-state index in [1.807, 2.05) is 0 Å². The summed E-state index contributed by atoms with van der Waals surface area (Å²) in [4.78, 5) is 18.8. The van der Waals surface area contributed by atoms with Crippen LogP contribution in [0.1, 0.15) is 17.5 Å². The molecule has 18 heavy (non-hydrogen) atoms. The maximum atomic E-state index is 11.3. The molecule has 0 saturated heterocycles. The van der Waals surface area contributed by atoms with Crippen LogP contribution in [-0.4, -0.2) is 40.9 Å². The zero-order chi connectivity index (χ0) is 12.4. The van der Waals surface area contributed by atoms with Gasteiger partial charge in [0.25, 0.3) is 11.6 Å². The monoisotopic (exact) mass is 278 g/mol. The van der Waals surface area contributed by atoms with Crippen molar-refractivity contribution in [1.29, 1.82) is 0 Å². The molecule has 0 aliphatic carbocycles. The Labute approximate surface area is 126 Å². The number of nitrogens with zero attached hydrogens (tertiary/aromatic N) is 4. The minimum Gasteiger partial charge on any atom is -0.768 e. The van der Waals surface area contributed by atoms with Crippen molar-refractivity contribution in [3.8, 4) is 0 Å². The van der Waals surface area contributed by atoms with E-state index in [9.17, 15) is 13.6 Å². The largest absolute Gasteiger partial charge is 1.00 e. The summed E-state index contributed by atoms with van der Waals surface area (Å²) < 4.78 is 27.2. The first-order valence-electron chi connectivity index (χ1n) is 4.60. The number of ether oxygens (including phenoxy) is 1. The number of esters is 1. The molecule has 2 rings (SSSR count). The van der Waals surface area contributed by atoms with E-state index in [2.05, 4.69) is 15.1 Å². The summed E-state index contributed by atoms with van der Waals surface area (Å²) in [6.07, 6.45) is 2.34. The van der Waals surface area contributed by atoms with E-state index in [1.165, 1.54) is 6.20 Å². The van der Waals surface area contributed by atoms with Gasteiger partial charge >= 0.3 is 35.5 Å². The zero-order valence-electron chi connectivity index (χ0n) is 9.69. The number of carbonyl (C=O) groups is 1. The maximum Gasteiger partial charge on any atom is 1.00 e. The van der Waals surface area contributed by atoms with E-state index >= 15 is 0 Å². The van der Waals surface area contributed by atoms with Gasteiger partial charge in [-0.15, -0.1) is 5.10 Å². The van der Waals surface area contributed by atoms with E-state index in [1.54, 1.807) is 6.92 Å². The molecule has 0 bridgehead atoms. The van der Waals surface area contributed by atoms with Crippen molar-refractivity contribution in [3.63, 3.8) is 0 Å². The van der Waals surface area contributed by atoms with E-state index in [4.69, 9.17) is 4.74 Å². The van der Waals surface area contributed by atoms with Crippen LogP contribution in [0.15, 0.2) is 17.3 Å². The smallest absolute Gasteiger partial charge is 0.768 e. The molecule has 2 heterocycles. The second kappa shape index (κ2) is 6.34. The van der Waals surface area contributed by atoms with E-state index in [-0.39, 0.29) is 52.7 Å². The third kappa shape index (κ3) is 3.12. The zero-order valence-corrected chi connectivity index (χ0v) is 12.5. The normalized spacial score (nSPS) is 11.9. The predicted octanol–water partition coefficient (Wildman–Crippen LogP) is -3.46. The van der Waals surface area contributed by atoms with Gasteiger partial charge in [-0.25, -0.2) is 14.3 Å². The first-order valence-corrected chi connectivity index (χ1v) is 5.68. The molecule has 0 saturated carbocycles. The van der Waals surface area contributed by atoms with Crippen molar-refractivity contribution in [2.45, 2.75) is 11.8 Å². The van der Waals surface area contributed by atoms with Crippen LogP contribution in [0.3, 0.4) is 0 Å². The topological polar surface area (TPSA) is 110 Å². The van der Waals surface area contributed by atoms with Crippen LogP contribution in [0.2, 0.25) is 0 Å². The van der Waals surface area contributed by atoms with Crippen molar-refractivity contribution < 1.29 is 47.9 Å². The van der Waals surface area contributed by atoms with Crippen LogP contribution < -0.4 is 29.6 Å². The Balaban J connectivity index is 0.00000162. The summed E-state index contributed by atoms with van der Waals surface area (Å²) in [5.41, 5.74) is 0. The quantitative estimate of drug-likeness (QED) is 0.326. The number of rotatable bonds is 3. The molecule has 1 atom stereocenters. The molecule has 0 N–H and O–H groups in total. The summed E-state index contributed by atoms with van der Waals surface area (Å²) in [6.45, 7) is 1.86. The molecule has 0 spiro atoms. The third-order valence-corrected chi connectivity index (χ3v) is 2.42. The van der Waals surface area contributed by atoms with Crippen molar-refractivity contribution in [1.82, 2.24) is 19.6 Å². The molecule has 0 aromatic carbocycles. The average Bonchev–Trinajstić information content (AvgIpc) is 2.71. The number of carbonyl (C=O) groups excluding carboxylic acids is 1. The first kappa shape index (κ1) is 15.2. The van der Waals surface area contributed by atoms with Crippen LogP contribution in [0, 0.1) is 0 Å². The van der Waals surface area contributed by atoms with Gasteiger partial charge in [0.1, 0.15) is 0 Å². The van der Waals surface area contributed by atoms with E-state index < -0.39 is 17.0 Å². The molecule has 2 aromatic rings. The first-order chi connectivity index (χ1) is 8.11. The molecule has 2 aromatic heterocycles. The average molecular weight is 278 g/mol. The molecule has 0 fully saturated rings. The van der Waals surface area contributed by atoms with Crippen molar-refractivity contribution in [2.24, 2.45) is 0 Å².